The van der Waals surface area contributed by atoms with Crippen LogP contribution in [-0.2, 0) is 6.18 Å². The molecule has 1 heterocycles. The largest absolute Gasteiger partial charge is 0.416 e. The number of fused-ring (bicyclic) bond motifs is 1. The van der Waals surface area contributed by atoms with E-state index in [0.717, 1.165) is 18.2 Å². The van der Waals surface area contributed by atoms with E-state index in [4.69, 9.17) is 12.2 Å². The van der Waals surface area contributed by atoms with Gasteiger partial charge in [-0.1, -0.05) is 40.7 Å². The predicted octanol–water partition coefficient (Wildman–Crippen LogP) is 7.66. The standard InChI is InChI=1S/C20H24BrF3N2S/c1-10(2)13-6-7-16(19(13,5)11(3)4)26-15-9-12(20(22,23)24)8-14(21)17(15)25-18(26)27/h7-11,13H,6H2,1-5H3,(H,25,27)/t13?,19-/m0/s1. The average Bonchev–Trinajstić information content (AvgIpc) is 3.04. The van der Waals surface area contributed by atoms with E-state index in [1.807, 2.05) is 4.57 Å². The summed E-state index contributed by atoms with van der Waals surface area (Å²) in [6.07, 6.45) is -1.36. The van der Waals surface area contributed by atoms with Gasteiger partial charge in [-0.05, 0) is 64.5 Å². The van der Waals surface area contributed by atoms with Crippen molar-refractivity contribution in [2.24, 2.45) is 23.2 Å². The van der Waals surface area contributed by atoms with Gasteiger partial charge in [0.05, 0.1) is 16.6 Å². The van der Waals surface area contributed by atoms with Crippen molar-refractivity contribution in [1.29, 1.82) is 0 Å². The molecule has 0 amide bonds. The molecule has 27 heavy (non-hydrogen) atoms. The third-order valence-electron chi connectivity index (χ3n) is 6.20. The number of imidazole rings is 1. The molecule has 1 N–H and O–H groups in total. The van der Waals surface area contributed by atoms with Crippen molar-refractivity contribution in [3.05, 3.63) is 33.0 Å². The second kappa shape index (κ2) is 6.76. The highest BCUT2D eigenvalue weighted by Gasteiger charge is 2.46. The van der Waals surface area contributed by atoms with E-state index < -0.39 is 11.7 Å². The number of halogens is 4. The number of nitrogens with zero attached hydrogens (tertiary/aromatic N) is 1. The van der Waals surface area contributed by atoms with E-state index >= 15 is 0 Å². The topological polar surface area (TPSA) is 20.7 Å². The number of aromatic amines is 1. The van der Waals surface area contributed by atoms with Gasteiger partial charge in [-0.15, -0.1) is 0 Å². The highest BCUT2D eigenvalue weighted by Crippen LogP contribution is 2.54. The van der Waals surface area contributed by atoms with Gasteiger partial charge in [-0.2, -0.15) is 13.2 Å². The van der Waals surface area contributed by atoms with Crippen LogP contribution in [0.25, 0.3) is 16.7 Å². The zero-order valence-corrected chi connectivity index (χ0v) is 18.4. The minimum absolute atomic E-state index is 0.178. The van der Waals surface area contributed by atoms with E-state index in [2.05, 4.69) is 61.6 Å². The highest BCUT2D eigenvalue weighted by atomic mass is 79.9. The van der Waals surface area contributed by atoms with Crippen molar-refractivity contribution in [3.63, 3.8) is 0 Å². The lowest BCUT2D eigenvalue weighted by molar-refractivity contribution is -0.137. The van der Waals surface area contributed by atoms with Gasteiger partial charge in [-0.25, -0.2) is 0 Å². The third-order valence-corrected chi connectivity index (χ3v) is 7.12. The smallest absolute Gasteiger partial charge is 0.329 e. The molecule has 2 aromatic rings. The van der Waals surface area contributed by atoms with Gasteiger partial charge in [0.25, 0.3) is 0 Å². The molecule has 1 aromatic heterocycles. The lowest BCUT2D eigenvalue weighted by atomic mass is 9.66. The lowest BCUT2D eigenvalue weighted by Crippen LogP contribution is -2.35. The minimum Gasteiger partial charge on any atom is -0.329 e. The van der Waals surface area contributed by atoms with Crippen LogP contribution in [-0.4, -0.2) is 9.55 Å². The van der Waals surface area contributed by atoms with Crippen LogP contribution in [0.15, 0.2) is 22.7 Å². The predicted molar refractivity (Wildman–Crippen MR) is 110 cm³/mol. The van der Waals surface area contributed by atoms with Crippen molar-refractivity contribution in [2.75, 3.05) is 0 Å². The summed E-state index contributed by atoms with van der Waals surface area (Å²) in [7, 11) is 0. The van der Waals surface area contributed by atoms with Crippen LogP contribution in [0.3, 0.4) is 0 Å². The molecule has 0 aliphatic heterocycles. The summed E-state index contributed by atoms with van der Waals surface area (Å²) in [5.41, 5.74) is 1.19. The second-order valence-electron chi connectivity index (χ2n) is 8.23. The third kappa shape index (κ3) is 3.20. The van der Waals surface area contributed by atoms with Crippen LogP contribution in [0.4, 0.5) is 13.2 Å². The Morgan fingerprint density at radius 2 is 1.89 bits per heavy atom. The number of allylic oxidation sites excluding steroid dienone is 2. The fourth-order valence-electron chi connectivity index (χ4n) is 4.48. The highest BCUT2D eigenvalue weighted by molar-refractivity contribution is 9.10. The molecule has 7 heteroatoms. The number of hydrogen-bond acceptors (Lipinski definition) is 1. The first-order valence-corrected chi connectivity index (χ1v) is 10.3. The van der Waals surface area contributed by atoms with E-state index in [9.17, 15) is 13.2 Å². The van der Waals surface area contributed by atoms with Crippen LogP contribution in [0.5, 0.6) is 0 Å². The van der Waals surface area contributed by atoms with E-state index in [0.29, 0.717) is 38.0 Å². The Morgan fingerprint density at radius 3 is 2.41 bits per heavy atom. The van der Waals surface area contributed by atoms with Gasteiger partial charge in [-0.3, -0.25) is 4.57 Å². The summed E-state index contributed by atoms with van der Waals surface area (Å²) in [5.74, 6) is 1.19. The lowest BCUT2D eigenvalue weighted by Gasteiger charge is -2.41. The Kier molecular flexibility index (Phi) is 5.17. The molecule has 1 aliphatic rings. The summed E-state index contributed by atoms with van der Waals surface area (Å²) in [6, 6.07) is 2.29. The minimum atomic E-state index is -4.42. The Balaban J connectivity index is 2.30. The molecule has 2 atom stereocenters. The Bertz CT molecular complexity index is 968. The average molecular weight is 461 g/mol. The monoisotopic (exact) mass is 460 g/mol. The zero-order valence-electron chi connectivity index (χ0n) is 16.0. The maximum Gasteiger partial charge on any atom is 0.416 e. The summed E-state index contributed by atoms with van der Waals surface area (Å²) >= 11 is 8.82. The van der Waals surface area contributed by atoms with Crippen LogP contribution >= 0.6 is 28.1 Å². The van der Waals surface area contributed by atoms with Gasteiger partial charge in [0.2, 0.25) is 0 Å². The molecule has 2 nitrogen and oxygen atoms in total. The summed E-state index contributed by atoms with van der Waals surface area (Å²) in [5, 5.41) is 0. The van der Waals surface area contributed by atoms with Crippen LogP contribution in [0, 0.1) is 27.9 Å². The molecular weight excluding hydrogens is 437 g/mol. The fourth-order valence-corrected chi connectivity index (χ4v) is 5.33. The first kappa shape index (κ1) is 20.6. The SMILES string of the molecule is CC(C)C1CC=C(n2c(=S)[nH]c3c(Br)cc(C(F)(F)F)cc32)[C@@]1(C)C(C)C. The van der Waals surface area contributed by atoms with Gasteiger partial charge < -0.3 is 4.98 Å². The first-order valence-electron chi connectivity index (χ1n) is 9.11. The van der Waals surface area contributed by atoms with Crippen LogP contribution < -0.4 is 0 Å². The van der Waals surface area contributed by atoms with Crippen LogP contribution in [0.1, 0.15) is 46.6 Å². The van der Waals surface area contributed by atoms with E-state index in [1.54, 1.807) is 0 Å². The zero-order chi connectivity index (χ0) is 20.3. The maximum atomic E-state index is 13.4. The number of nitrogens with one attached hydrogen (secondary N) is 1. The van der Waals surface area contributed by atoms with Crippen LogP contribution in [0.2, 0.25) is 0 Å². The number of rotatable bonds is 3. The molecule has 1 aliphatic carbocycles. The fraction of sp³-hybridized carbons (Fsp3) is 0.550. The molecule has 0 saturated heterocycles. The summed E-state index contributed by atoms with van der Waals surface area (Å²) < 4.78 is 42.7. The molecular formula is C20H24BrF3N2S. The quantitative estimate of drug-likeness (QED) is 0.466. The number of hydrogen-bond donors (Lipinski definition) is 1. The number of alkyl halides is 3. The van der Waals surface area contributed by atoms with E-state index in [-0.39, 0.29) is 5.41 Å². The number of benzene rings is 1. The van der Waals surface area contributed by atoms with Gasteiger partial charge in [0, 0.05) is 15.6 Å². The molecule has 0 spiro atoms. The number of H-pyrrole nitrogens is 1. The van der Waals surface area contributed by atoms with Crippen molar-refractivity contribution in [2.45, 2.75) is 47.2 Å². The number of aromatic nitrogens is 2. The van der Waals surface area contributed by atoms with Crippen molar-refractivity contribution < 1.29 is 13.2 Å². The molecule has 0 saturated carbocycles. The molecule has 148 valence electrons. The Labute approximate surface area is 171 Å². The second-order valence-corrected chi connectivity index (χ2v) is 9.47. The van der Waals surface area contributed by atoms with Gasteiger partial charge in [0.1, 0.15) is 0 Å². The molecule has 1 aromatic carbocycles. The summed E-state index contributed by atoms with van der Waals surface area (Å²) in [4.78, 5) is 3.09. The normalized spacial score (nSPS) is 23.7. The van der Waals surface area contributed by atoms with Gasteiger partial charge >= 0.3 is 6.18 Å². The van der Waals surface area contributed by atoms with E-state index in [1.165, 1.54) is 6.07 Å². The Hall–Kier alpha value is -1.08. The maximum absolute atomic E-state index is 13.4. The summed E-state index contributed by atoms with van der Waals surface area (Å²) in [6.45, 7) is 11.0. The Morgan fingerprint density at radius 1 is 1.26 bits per heavy atom. The molecule has 0 fully saturated rings. The molecule has 0 radical (unpaired) electrons. The molecule has 3 rings (SSSR count). The van der Waals surface area contributed by atoms with Crippen molar-refractivity contribution in [3.8, 4) is 0 Å². The van der Waals surface area contributed by atoms with Crippen molar-refractivity contribution >= 4 is 44.9 Å². The molecule has 1 unspecified atom stereocenters. The van der Waals surface area contributed by atoms with Gasteiger partial charge in [0.15, 0.2) is 4.77 Å². The first-order chi connectivity index (χ1) is 12.4. The van der Waals surface area contributed by atoms with Crippen molar-refractivity contribution in [1.82, 2.24) is 9.55 Å². The molecule has 0 bridgehead atoms.